The van der Waals surface area contributed by atoms with Gasteiger partial charge in [0, 0.05) is 11.4 Å². The quantitative estimate of drug-likeness (QED) is 0.174. The molecule has 60 heavy (non-hydrogen) atoms. The van der Waals surface area contributed by atoms with E-state index in [0.717, 1.165) is 34.2 Å². The lowest BCUT2D eigenvalue weighted by molar-refractivity contribution is 0.469. The van der Waals surface area contributed by atoms with Gasteiger partial charge in [0.2, 0.25) is 0 Å². The summed E-state index contributed by atoms with van der Waals surface area (Å²) in [6.07, 6.45) is 0. The van der Waals surface area contributed by atoms with Crippen LogP contribution in [0.15, 0.2) is 212 Å². The Morgan fingerprint density at radius 2 is 0.550 bits per heavy atom. The lowest BCUT2D eigenvalue weighted by Gasteiger charge is -2.57. The molecular weight excluding hydrogens is 731 g/mol. The predicted octanol–water partition coefficient (Wildman–Crippen LogP) is 14.2. The second-order valence-corrected chi connectivity index (χ2v) is 16.4. The molecule has 0 N–H and O–H groups in total. The second-order valence-electron chi connectivity index (χ2n) is 16.4. The molecule has 5 heterocycles. The molecule has 0 saturated carbocycles. The molecule has 0 saturated heterocycles. The average Bonchev–Trinajstić information content (AvgIpc) is 3.32. The second kappa shape index (κ2) is 11.4. The third-order valence-corrected chi connectivity index (χ3v) is 13.8. The topological polar surface area (TPSA) is 19.0 Å². The standard InChI is InChI=1S/C56H35N3O/c1-3-18-36(19-4-1)57-46-30-11-7-22-38(46)55(39-23-8-12-31-47(39)57)42-26-15-27-43-52(42)59-53-44(55)28-16-34-50(53)60-51-35-17-29-45(54(51)59)56(43)40-24-9-13-32-48(40)58(37-20-5-2-6-21-37)49-33-14-10-25-41(49)56/h1-35H. The van der Waals surface area contributed by atoms with Crippen molar-refractivity contribution in [2.24, 2.45) is 0 Å². The molecule has 0 aromatic heterocycles. The Balaban J connectivity index is 1.17. The molecule has 5 aliphatic rings. The molecule has 2 spiro atoms. The number of nitrogens with zero attached hydrogens (tertiary/aromatic N) is 3. The maximum Gasteiger partial charge on any atom is 0.151 e. The molecule has 0 unspecified atom stereocenters. The number of fused-ring (bicyclic) bond motifs is 12. The molecule has 5 aliphatic heterocycles. The van der Waals surface area contributed by atoms with Crippen molar-refractivity contribution in [1.82, 2.24) is 0 Å². The first-order valence-electron chi connectivity index (χ1n) is 20.8. The number of benzene rings is 9. The van der Waals surface area contributed by atoms with Crippen LogP contribution in [0.25, 0.3) is 0 Å². The van der Waals surface area contributed by atoms with E-state index in [9.17, 15) is 0 Å². The van der Waals surface area contributed by atoms with Crippen molar-refractivity contribution >= 4 is 51.2 Å². The Labute approximate surface area is 348 Å². The molecule has 4 nitrogen and oxygen atoms in total. The maximum absolute atomic E-state index is 7.19. The van der Waals surface area contributed by atoms with E-state index in [0.29, 0.717) is 0 Å². The highest BCUT2D eigenvalue weighted by atomic mass is 16.5. The summed E-state index contributed by atoms with van der Waals surface area (Å²) < 4.78 is 7.19. The van der Waals surface area contributed by atoms with E-state index >= 15 is 0 Å². The normalized spacial score (nSPS) is 15.6. The highest BCUT2D eigenvalue weighted by Gasteiger charge is 2.60. The van der Waals surface area contributed by atoms with Crippen LogP contribution in [0.3, 0.4) is 0 Å². The number of para-hydroxylation sites is 9. The van der Waals surface area contributed by atoms with E-state index in [-0.39, 0.29) is 0 Å². The zero-order valence-electron chi connectivity index (χ0n) is 32.5. The fourth-order valence-electron chi connectivity index (χ4n) is 11.8. The third-order valence-electron chi connectivity index (χ3n) is 13.8. The highest BCUT2D eigenvalue weighted by molar-refractivity contribution is 6.05. The molecule has 0 atom stereocenters. The van der Waals surface area contributed by atoms with Crippen molar-refractivity contribution < 1.29 is 4.74 Å². The van der Waals surface area contributed by atoms with Gasteiger partial charge in [0.25, 0.3) is 0 Å². The smallest absolute Gasteiger partial charge is 0.151 e. The maximum atomic E-state index is 7.19. The van der Waals surface area contributed by atoms with Crippen molar-refractivity contribution in [3.05, 3.63) is 257 Å². The summed E-state index contributed by atoms with van der Waals surface area (Å²) >= 11 is 0. The Bertz CT molecular complexity index is 2970. The van der Waals surface area contributed by atoms with Crippen molar-refractivity contribution in [3.63, 3.8) is 0 Å². The Hall–Kier alpha value is -7.82. The molecule has 0 fully saturated rings. The van der Waals surface area contributed by atoms with E-state index in [1.165, 1.54) is 72.9 Å². The molecule has 0 aliphatic carbocycles. The predicted molar refractivity (Wildman–Crippen MR) is 241 cm³/mol. The molecular formula is C56H35N3O. The van der Waals surface area contributed by atoms with Crippen LogP contribution in [0.1, 0.15) is 44.5 Å². The highest BCUT2D eigenvalue weighted by Crippen LogP contribution is 2.73. The number of hydrogen-bond donors (Lipinski definition) is 0. The summed E-state index contributed by atoms with van der Waals surface area (Å²) in [6, 6.07) is 78.4. The van der Waals surface area contributed by atoms with E-state index < -0.39 is 10.8 Å². The van der Waals surface area contributed by atoms with Crippen molar-refractivity contribution in [1.29, 1.82) is 0 Å². The Morgan fingerprint density at radius 3 is 0.933 bits per heavy atom. The zero-order chi connectivity index (χ0) is 39.2. The summed E-state index contributed by atoms with van der Waals surface area (Å²) in [7, 11) is 0. The summed E-state index contributed by atoms with van der Waals surface area (Å²) in [4.78, 5) is 7.47. The number of anilines is 9. The molecule has 0 amide bonds. The Kier molecular flexibility index (Phi) is 6.13. The van der Waals surface area contributed by atoms with Gasteiger partial charge < -0.3 is 19.4 Å². The molecule has 4 heteroatoms. The molecule has 9 aromatic rings. The van der Waals surface area contributed by atoms with E-state index in [1.54, 1.807) is 0 Å². The lowest BCUT2D eigenvalue weighted by Crippen LogP contribution is -2.47. The van der Waals surface area contributed by atoms with Gasteiger partial charge in [-0.05, 0) is 105 Å². The molecule has 0 radical (unpaired) electrons. The summed E-state index contributed by atoms with van der Waals surface area (Å²) in [5, 5.41) is 0. The minimum absolute atomic E-state index is 0.691. The van der Waals surface area contributed by atoms with Gasteiger partial charge >= 0.3 is 0 Å². The van der Waals surface area contributed by atoms with Gasteiger partial charge in [0.15, 0.2) is 11.5 Å². The molecule has 14 rings (SSSR count). The van der Waals surface area contributed by atoms with Gasteiger partial charge in [-0.2, -0.15) is 0 Å². The van der Waals surface area contributed by atoms with E-state index in [4.69, 9.17) is 4.74 Å². The van der Waals surface area contributed by atoms with Crippen LogP contribution >= 0.6 is 0 Å². The van der Waals surface area contributed by atoms with E-state index in [1.807, 2.05) is 0 Å². The van der Waals surface area contributed by atoms with Crippen molar-refractivity contribution in [3.8, 4) is 11.5 Å². The monoisotopic (exact) mass is 765 g/mol. The summed E-state index contributed by atoms with van der Waals surface area (Å²) in [5.74, 6) is 1.74. The minimum Gasteiger partial charge on any atom is -0.453 e. The summed E-state index contributed by atoms with van der Waals surface area (Å²) in [6.45, 7) is 0. The van der Waals surface area contributed by atoms with Crippen LogP contribution in [0.2, 0.25) is 0 Å². The third kappa shape index (κ3) is 3.66. The first-order valence-corrected chi connectivity index (χ1v) is 20.8. The molecule has 280 valence electrons. The van der Waals surface area contributed by atoms with Gasteiger partial charge in [0.05, 0.1) is 50.6 Å². The average molecular weight is 766 g/mol. The van der Waals surface area contributed by atoms with E-state index in [2.05, 4.69) is 227 Å². The van der Waals surface area contributed by atoms with Crippen LogP contribution in [0.5, 0.6) is 11.5 Å². The lowest BCUT2D eigenvalue weighted by atomic mass is 9.55. The van der Waals surface area contributed by atoms with Gasteiger partial charge in [0.1, 0.15) is 0 Å². The van der Waals surface area contributed by atoms with Crippen LogP contribution in [0, 0.1) is 0 Å². The van der Waals surface area contributed by atoms with Gasteiger partial charge in [-0.25, -0.2) is 0 Å². The van der Waals surface area contributed by atoms with Crippen LogP contribution in [-0.4, -0.2) is 0 Å². The number of hydrogen-bond acceptors (Lipinski definition) is 4. The fraction of sp³-hybridized carbons (Fsp3) is 0.0357. The zero-order valence-corrected chi connectivity index (χ0v) is 32.5. The Morgan fingerprint density at radius 1 is 0.250 bits per heavy atom. The van der Waals surface area contributed by atoms with Gasteiger partial charge in [-0.3, -0.25) is 0 Å². The van der Waals surface area contributed by atoms with Gasteiger partial charge in [-0.15, -0.1) is 0 Å². The molecule has 0 bridgehead atoms. The largest absolute Gasteiger partial charge is 0.453 e. The number of rotatable bonds is 2. The summed E-state index contributed by atoms with van der Waals surface area (Å²) in [5.41, 5.74) is 18.9. The fourth-order valence-corrected chi connectivity index (χ4v) is 11.8. The van der Waals surface area contributed by atoms with Crippen molar-refractivity contribution in [2.45, 2.75) is 10.8 Å². The molecule has 9 aromatic carbocycles. The van der Waals surface area contributed by atoms with Crippen LogP contribution < -0.4 is 19.4 Å². The first kappa shape index (κ1) is 32.2. The minimum atomic E-state index is -0.691. The number of ether oxygens (including phenoxy) is 1. The van der Waals surface area contributed by atoms with Crippen molar-refractivity contribution in [2.75, 3.05) is 14.7 Å². The SMILES string of the molecule is c1ccc(N2c3ccccc3C3(c4ccccc42)c2cccc4c2N2c5c(cccc5C5(c6ccccc6N(c6ccccc6)c6ccccc65)c5cccc3c52)O4)cc1. The first-order chi connectivity index (χ1) is 29.8. The van der Waals surface area contributed by atoms with Gasteiger partial charge in [-0.1, -0.05) is 152 Å². The van der Waals surface area contributed by atoms with Crippen LogP contribution in [-0.2, 0) is 10.8 Å². The van der Waals surface area contributed by atoms with Crippen LogP contribution in [0.4, 0.5) is 51.2 Å².